The van der Waals surface area contributed by atoms with E-state index in [-0.39, 0.29) is 11.4 Å². The van der Waals surface area contributed by atoms with Gasteiger partial charge < -0.3 is 10.8 Å². The van der Waals surface area contributed by atoms with Crippen LogP contribution in [0.1, 0.15) is 5.56 Å². The molecule has 3 nitrogen and oxygen atoms in total. The molecule has 1 aromatic rings. The molecule has 0 fully saturated rings. The van der Waals surface area contributed by atoms with E-state index in [1.54, 1.807) is 12.3 Å². The van der Waals surface area contributed by atoms with Gasteiger partial charge in [0.1, 0.15) is 11.9 Å². The van der Waals surface area contributed by atoms with Gasteiger partial charge in [-0.1, -0.05) is 11.6 Å². The van der Waals surface area contributed by atoms with E-state index in [1.807, 2.05) is 0 Å². The van der Waals surface area contributed by atoms with Gasteiger partial charge in [-0.3, -0.25) is 4.79 Å². The van der Waals surface area contributed by atoms with E-state index in [0.717, 1.165) is 0 Å². The third-order valence-corrected chi connectivity index (χ3v) is 3.27. The molecule has 1 aromatic carbocycles. The maximum atomic E-state index is 13.5. The Morgan fingerprint density at radius 1 is 1.69 bits per heavy atom. The second-order valence-electron chi connectivity index (χ2n) is 3.24. The van der Waals surface area contributed by atoms with Crippen molar-refractivity contribution in [3.8, 4) is 0 Å². The Morgan fingerprint density at radius 3 is 2.75 bits per heavy atom. The number of carboxylic acids is 1. The van der Waals surface area contributed by atoms with E-state index in [9.17, 15) is 9.18 Å². The quantitative estimate of drug-likeness (QED) is 0.817. The van der Waals surface area contributed by atoms with Crippen LogP contribution in [0.2, 0.25) is 5.02 Å². The monoisotopic (exact) mass is 263 g/mol. The smallest absolute Gasteiger partial charge is 0.320 e. The molecule has 0 saturated carbocycles. The Balaban J connectivity index is 2.96. The normalized spacial score (nSPS) is 12.5. The van der Waals surface area contributed by atoms with Crippen molar-refractivity contribution >= 4 is 29.3 Å². The fraction of sp³-hybridized carbons (Fsp3) is 0.300. The molecule has 0 heterocycles. The Bertz CT molecular complexity index is 391. The lowest BCUT2D eigenvalue weighted by Crippen LogP contribution is -2.32. The molecule has 0 amide bonds. The molecule has 0 aliphatic rings. The molecule has 3 N–H and O–H groups in total. The minimum Gasteiger partial charge on any atom is -0.480 e. The van der Waals surface area contributed by atoms with Gasteiger partial charge in [-0.2, -0.15) is 0 Å². The van der Waals surface area contributed by atoms with E-state index < -0.39 is 17.8 Å². The molecular weight excluding hydrogens is 253 g/mol. The lowest BCUT2D eigenvalue weighted by atomic mass is 10.1. The topological polar surface area (TPSA) is 63.3 Å². The van der Waals surface area contributed by atoms with Crippen LogP contribution < -0.4 is 5.73 Å². The number of carbonyl (C=O) groups is 1. The van der Waals surface area contributed by atoms with Crippen molar-refractivity contribution < 1.29 is 14.3 Å². The molecule has 6 heteroatoms. The molecule has 88 valence electrons. The number of nitrogens with two attached hydrogens (primary N) is 1. The zero-order valence-electron chi connectivity index (χ0n) is 8.54. The molecular formula is C10H11ClFNO2S. The molecule has 0 aromatic heterocycles. The van der Waals surface area contributed by atoms with Gasteiger partial charge >= 0.3 is 5.97 Å². The molecule has 0 aliphatic carbocycles. The Labute approximate surface area is 102 Å². The number of hydrogen-bond donors (Lipinski definition) is 2. The molecule has 16 heavy (non-hydrogen) atoms. The first-order valence-electron chi connectivity index (χ1n) is 4.46. The Kier molecular flexibility index (Phi) is 4.58. The lowest BCUT2D eigenvalue weighted by molar-refractivity contribution is -0.138. The average Bonchev–Trinajstić information content (AvgIpc) is 2.16. The van der Waals surface area contributed by atoms with Crippen molar-refractivity contribution in [2.45, 2.75) is 17.4 Å². The van der Waals surface area contributed by atoms with E-state index >= 15 is 0 Å². The summed E-state index contributed by atoms with van der Waals surface area (Å²) in [7, 11) is 0. The van der Waals surface area contributed by atoms with E-state index in [1.165, 1.54) is 17.8 Å². The van der Waals surface area contributed by atoms with Gasteiger partial charge in [0.25, 0.3) is 0 Å². The predicted octanol–water partition coefficient (Wildman–Crippen LogP) is 2.16. The maximum Gasteiger partial charge on any atom is 0.320 e. The minimum atomic E-state index is -1.12. The number of carboxylic acid groups (broad SMARTS) is 1. The third-order valence-electron chi connectivity index (χ3n) is 2.04. The Hall–Kier alpha value is -0.780. The van der Waals surface area contributed by atoms with Crippen LogP contribution in [0.25, 0.3) is 0 Å². The molecule has 1 atom stereocenters. The van der Waals surface area contributed by atoms with Crippen LogP contribution in [-0.4, -0.2) is 23.4 Å². The zero-order chi connectivity index (χ0) is 12.3. The van der Waals surface area contributed by atoms with Gasteiger partial charge in [-0.15, -0.1) is 11.8 Å². The van der Waals surface area contributed by atoms with E-state index in [4.69, 9.17) is 22.4 Å². The van der Waals surface area contributed by atoms with Crippen LogP contribution in [0.15, 0.2) is 17.0 Å². The largest absolute Gasteiger partial charge is 0.480 e. The summed E-state index contributed by atoms with van der Waals surface area (Å²) in [6.45, 7) is 0. The van der Waals surface area contributed by atoms with Gasteiger partial charge in [0.15, 0.2) is 0 Å². The summed E-state index contributed by atoms with van der Waals surface area (Å²) in [5.41, 5.74) is 5.83. The molecule has 0 bridgehead atoms. The summed E-state index contributed by atoms with van der Waals surface area (Å²) in [5.74, 6) is -1.57. The fourth-order valence-electron chi connectivity index (χ4n) is 1.27. The molecule has 1 rings (SSSR count). The van der Waals surface area contributed by atoms with Crippen molar-refractivity contribution in [2.75, 3.05) is 6.26 Å². The second-order valence-corrected chi connectivity index (χ2v) is 4.47. The summed E-state index contributed by atoms with van der Waals surface area (Å²) in [6.07, 6.45) is 1.77. The van der Waals surface area contributed by atoms with Crippen LogP contribution in [0.3, 0.4) is 0 Å². The van der Waals surface area contributed by atoms with Crippen molar-refractivity contribution in [1.82, 2.24) is 0 Å². The minimum absolute atomic E-state index is 0.0562. The summed E-state index contributed by atoms with van der Waals surface area (Å²) in [5, 5.41) is 8.90. The average molecular weight is 264 g/mol. The van der Waals surface area contributed by atoms with Gasteiger partial charge in [0.2, 0.25) is 0 Å². The zero-order valence-corrected chi connectivity index (χ0v) is 10.1. The molecule has 0 saturated heterocycles. The van der Waals surface area contributed by atoms with Crippen LogP contribution in [-0.2, 0) is 11.2 Å². The molecule has 1 unspecified atom stereocenters. The van der Waals surface area contributed by atoms with Crippen LogP contribution in [0.5, 0.6) is 0 Å². The van der Waals surface area contributed by atoms with Gasteiger partial charge in [-0.05, 0) is 30.4 Å². The third kappa shape index (κ3) is 3.10. The predicted molar refractivity (Wildman–Crippen MR) is 62.5 cm³/mol. The van der Waals surface area contributed by atoms with Gasteiger partial charge in [0.05, 0.1) is 9.92 Å². The van der Waals surface area contributed by atoms with Crippen molar-refractivity contribution in [3.05, 3.63) is 28.5 Å². The number of aliphatic carboxylic acids is 1. The van der Waals surface area contributed by atoms with Gasteiger partial charge in [-0.25, -0.2) is 4.39 Å². The highest BCUT2D eigenvalue weighted by Gasteiger charge is 2.15. The van der Waals surface area contributed by atoms with E-state index in [0.29, 0.717) is 10.5 Å². The lowest BCUT2D eigenvalue weighted by Gasteiger charge is -2.09. The summed E-state index contributed by atoms with van der Waals surface area (Å²) >= 11 is 7.05. The summed E-state index contributed by atoms with van der Waals surface area (Å²) in [6, 6.07) is 1.76. The SMILES string of the molecule is CSc1c(F)cc(CC(N)C(=O)O)cc1Cl. The molecule has 0 aliphatic heterocycles. The van der Waals surface area contributed by atoms with Gasteiger partial charge in [0, 0.05) is 0 Å². The number of halogens is 2. The first-order chi connectivity index (χ1) is 7.45. The maximum absolute atomic E-state index is 13.5. The van der Waals surface area contributed by atoms with Crippen LogP contribution >= 0.6 is 23.4 Å². The number of hydrogen-bond acceptors (Lipinski definition) is 3. The molecule has 0 radical (unpaired) electrons. The standard InChI is InChI=1S/C10H11ClFNO2S/c1-16-9-6(11)2-5(3-7(9)12)4-8(13)10(14)15/h2-3,8H,4,13H2,1H3,(H,14,15). The van der Waals surface area contributed by atoms with E-state index in [2.05, 4.69) is 0 Å². The first-order valence-corrected chi connectivity index (χ1v) is 6.06. The Morgan fingerprint density at radius 2 is 2.31 bits per heavy atom. The van der Waals surface area contributed by atoms with Crippen LogP contribution in [0, 0.1) is 5.82 Å². The highest BCUT2D eigenvalue weighted by atomic mass is 35.5. The fourth-order valence-corrected chi connectivity index (χ4v) is 2.24. The van der Waals surface area contributed by atoms with Crippen molar-refractivity contribution in [1.29, 1.82) is 0 Å². The highest BCUT2D eigenvalue weighted by Crippen LogP contribution is 2.29. The first kappa shape index (κ1) is 13.3. The number of rotatable bonds is 4. The highest BCUT2D eigenvalue weighted by molar-refractivity contribution is 7.98. The summed E-state index contributed by atoms with van der Waals surface area (Å²) in [4.78, 5) is 10.9. The van der Waals surface area contributed by atoms with Crippen LogP contribution in [0.4, 0.5) is 4.39 Å². The summed E-state index contributed by atoms with van der Waals surface area (Å²) < 4.78 is 13.5. The van der Waals surface area contributed by atoms with Crippen molar-refractivity contribution in [3.63, 3.8) is 0 Å². The van der Waals surface area contributed by atoms with Crippen molar-refractivity contribution in [2.24, 2.45) is 5.73 Å². The number of thioether (sulfide) groups is 1. The number of benzene rings is 1. The second kappa shape index (κ2) is 5.52. The molecule has 0 spiro atoms.